The van der Waals surface area contributed by atoms with E-state index in [1.54, 1.807) is 24.3 Å². The Morgan fingerprint density at radius 3 is 2.75 bits per heavy atom. The highest BCUT2D eigenvalue weighted by atomic mass is 16.3. The number of aryl methyl sites for hydroxylation is 1. The Morgan fingerprint density at radius 2 is 2.07 bits per heavy atom. The monoisotopic (exact) mass is 377 g/mol. The predicted octanol–water partition coefficient (Wildman–Crippen LogP) is 2.60. The Bertz CT molecular complexity index is 1060. The number of phenols is 1. The molecular weight excluding hydrogens is 354 g/mol. The lowest BCUT2D eigenvalue weighted by molar-refractivity contribution is 0.0929. The molecule has 2 bridgehead atoms. The Kier molecular flexibility index (Phi) is 3.87. The number of H-pyrrole nitrogens is 1. The summed E-state index contributed by atoms with van der Waals surface area (Å²) in [5.41, 5.74) is 3.43. The van der Waals surface area contributed by atoms with E-state index in [-0.39, 0.29) is 17.7 Å². The number of carbonyl (C=O) groups excluding carboxylic acids is 1. The van der Waals surface area contributed by atoms with Crippen LogP contribution in [0.1, 0.15) is 35.3 Å². The van der Waals surface area contributed by atoms with Crippen LogP contribution in [0.2, 0.25) is 0 Å². The molecule has 28 heavy (non-hydrogen) atoms. The molecule has 4 heterocycles. The summed E-state index contributed by atoms with van der Waals surface area (Å²) in [4.78, 5) is 20.3. The standard InChI is InChI=1S/C21H23N5O2/c1-11-19-15(21(28)23-17-9-13-5-8-18(17)26(13)2)10-16(22-20(19)25-24-11)12-3-6-14(27)7-4-12/h3-4,6-7,10,13,17-18,27H,5,8-9H2,1-2H3,(H,23,28)(H,22,24,25)/t13?,17-,18?/m0/s1. The van der Waals surface area contributed by atoms with Crippen LogP contribution in [0.3, 0.4) is 0 Å². The molecule has 0 saturated carbocycles. The molecule has 0 aliphatic carbocycles. The molecule has 7 heteroatoms. The summed E-state index contributed by atoms with van der Waals surface area (Å²) in [6.07, 6.45) is 3.37. The van der Waals surface area contributed by atoms with E-state index in [0.29, 0.717) is 29.0 Å². The Labute approximate surface area is 162 Å². The maximum absolute atomic E-state index is 13.2. The number of rotatable bonds is 3. The molecule has 0 spiro atoms. The van der Waals surface area contributed by atoms with Gasteiger partial charge in [-0.3, -0.25) is 14.8 Å². The van der Waals surface area contributed by atoms with Gasteiger partial charge in [0.05, 0.1) is 16.6 Å². The second-order valence-electron chi connectivity index (χ2n) is 7.93. The summed E-state index contributed by atoms with van der Waals surface area (Å²) in [5.74, 6) is 0.113. The molecule has 144 valence electrons. The number of fused-ring (bicyclic) bond motifs is 3. The van der Waals surface area contributed by atoms with Crippen molar-refractivity contribution in [1.29, 1.82) is 0 Å². The maximum Gasteiger partial charge on any atom is 0.252 e. The van der Waals surface area contributed by atoms with E-state index in [4.69, 9.17) is 0 Å². The second kappa shape index (κ2) is 6.31. The number of aromatic nitrogens is 3. The summed E-state index contributed by atoms with van der Waals surface area (Å²) in [6.45, 7) is 1.90. The van der Waals surface area contributed by atoms with Crippen molar-refractivity contribution < 1.29 is 9.90 Å². The zero-order valence-corrected chi connectivity index (χ0v) is 15.9. The number of aromatic hydroxyl groups is 1. The highest BCUT2D eigenvalue weighted by Gasteiger charge is 2.44. The number of pyridine rings is 1. The van der Waals surface area contributed by atoms with Gasteiger partial charge in [-0.1, -0.05) is 0 Å². The normalized spacial score (nSPS) is 24.1. The number of hydrogen-bond acceptors (Lipinski definition) is 5. The molecule has 5 rings (SSSR count). The number of carbonyl (C=O) groups is 1. The molecule has 7 nitrogen and oxygen atoms in total. The van der Waals surface area contributed by atoms with Gasteiger partial charge in [0, 0.05) is 29.4 Å². The smallest absolute Gasteiger partial charge is 0.252 e. The zero-order valence-electron chi connectivity index (χ0n) is 15.9. The quantitative estimate of drug-likeness (QED) is 0.652. The lowest BCUT2D eigenvalue weighted by atomic mass is 9.95. The first-order chi connectivity index (χ1) is 13.5. The van der Waals surface area contributed by atoms with Crippen LogP contribution in [-0.4, -0.2) is 56.3 Å². The third-order valence-electron chi connectivity index (χ3n) is 6.31. The molecule has 2 aliphatic rings. The molecule has 2 aromatic heterocycles. The van der Waals surface area contributed by atoms with Gasteiger partial charge in [-0.2, -0.15) is 5.10 Å². The fourth-order valence-corrected chi connectivity index (χ4v) is 4.80. The minimum Gasteiger partial charge on any atom is -0.508 e. The van der Waals surface area contributed by atoms with Gasteiger partial charge in [0.2, 0.25) is 0 Å². The van der Waals surface area contributed by atoms with E-state index in [9.17, 15) is 9.90 Å². The molecule has 3 N–H and O–H groups in total. The number of hydrogen-bond donors (Lipinski definition) is 3. The van der Waals surface area contributed by atoms with E-state index >= 15 is 0 Å². The van der Waals surface area contributed by atoms with Crippen LogP contribution in [0, 0.1) is 6.92 Å². The predicted molar refractivity (Wildman–Crippen MR) is 106 cm³/mol. The molecule has 3 atom stereocenters. The van der Waals surface area contributed by atoms with Crippen molar-refractivity contribution in [3.8, 4) is 17.0 Å². The number of aromatic amines is 1. The minimum atomic E-state index is -0.0807. The Balaban J connectivity index is 1.53. The molecule has 1 amide bonds. The number of nitrogens with one attached hydrogen (secondary N) is 2. The van der Waals surface area contributed by atoms with Crippen LogP contribution < -0.4 is 5.32 Å². The molecule has 2 aliphatic heterocycles. The zero-order chi connectivity index (χ0) is 19.4. The highest BCUT2D eigenvalue weighted by Crippen LogP contribution is 2.36. The summed E-state index contributed by atoms with van der Waals surface area (Å²) < 4.78 is 0. The van der Waals surface area contributed by atoms with Gasteiger partial charge in [-0.15, -0.1) is 0 Å². The topological polar surface area (TPSA) is 94.1 Å². The van der Waals surface area contributed by atoms with E-state index in [1.807, 2.05) is 13.0 Å². The largest absolute Gasteiger partial charge is 0.508 e. The van der Waals surface area contributed by atoms with Crippen molar-refractivity contribution in [3.63, 3.8) is 0 Å². The van der Waals surface area contributed by atoms with Gasteiger partial charge in [-0.05, 0) is 63.6 Å². The number of phenolic OH excluding ortho intramolecular Hbond substituents is 1. The van der Waals surface area contributed by atoms with Crippen LogP contribution in [0.4, 0.5) is 0 Å². The summed E-state index contributed by atoms with van der Waals surface area (Å²) in [5, 5.41) is 20.8. The van der Waals surface area contributed by atoms with E-state index in [1.165, 1.54) is 6.42 Å². The first kappa shape index (κ1) is 17.2. The summed E-state index contributed by atoms with van der Waals surface area (Å²) >= 11 is 0. The summed E-state index contributed by atoms with van der Waals surface area (Å²) in [7, 11) is 2.16. The third-order valence-corrected chi connectivity index (χ3v) is 6.31. The second-order valence-corrected chi connectivity index (χ2v) is 7.93. The van der Waals surface area contributed by atoms with Crippen LogP contribution in [0.25, 0.3) is 22.3 Å². The van der Waals surface area contributed by atoms with Crippen molar-refractivity contribution in [1.82, 2.24) is 25.4 Å². The van der Waals surface area contributed by atoms with Gasteiger partial charge in [0.15, 0.2) is 5.65 Å². The van der Waals surface area contributed by atoms with Gasteiger partial charge >= 0.3 is 0 Å². The van der Waals surface area contributed by atoms with Crippen molar-refractivity contribution in [2.45, 2.75) is 44.3 Å². The average molecular weight is 377 g/mol. The van der Waals surface area contributed by atoms with Crippen LogP contribution in [-0.2, 0) is 0 Å². The first-order valence-electron chi connectivity index (χ1n) is 9.69. The first-order valence-corrected chi connectivity index (χ1v) is 9.69. The van der Waals surface area contributed by atoms with E-state index in [2.05, 4.69) is 32.4 Å². The van der Waals surface area contributed by atoms with E-state index < -0.39 is 0 Å². The van der Waals surface area contributed by atoms with E-state index in [0.717, 1.165) is 29.5 Å². The number of nitrogens with zero attached hydrogens (tertiary/aromatic N) is 3. The number of amides is 1. The van der Waals surface area contributed by atoms with Gasteiger partial charge < -0.3 is 10.4 Å². The van der Waals surface area contributed by atoms with Crippen molar-refractivity contribution in [2.75, 3.05) is 7.05 Å². The van der Waals surface area contributed by atoms with Gasteiger partial charge in [0.25, 0.3) is 5.91 Å². The fourth-order valence-electron chi connectivity index (χ4n) is 4.80. The SMILES string of the molecule is Cc1[nH]nc2nc(-c3ccc(O)cc3)cc(C(=O)N[C@H]3CC4CCC3N4C)c12. The number of likely N-dealkylation sites (N-methyl/N-ethyl adjacent to an activating group) is 1. The molecule has 3 aromatic rings. The van der Waals surface area contributed by atoms with Crippen molar-refractivity contribution in [2.24, 2.45) is 0 Å². The molecule has 2 saturated heterocycles. The van der Waals surface area contributed by atoms with Gasteiger partial charge in [-0.25, -0.2) is 4.98 Å². The lowest BCUT2D eigenvalue weighted by Gasteiger charge is -2.23. The number of benzene rings is 1. The molecular formula is C21H23N5O2. The Hall–Kier alpha value is -2.93. The maximum atomic E-state index is 13.2. The van der Waals surface area contributed by atoms with Crippen LogP contribution in [0.15, 0.2) is 30.3 Å². The third kappa shape index (κ3) is 2.65. The fraction of sp³-hybridized carbons (Fsp3) is 0.381. The molecule has 2 fully saturated rings. The van der Waals surface area contributed by atoms with Crippen molar-refractivity contribution in [3.05, 3.63) is 41.6 Å². The molecule has 1 aromatic carbocycles. The summed E-state index contributed by atoms with van der Waals surface area (Å²) in [6, 6.07) is 9.81. The van der Waals surface area contributed by atoms with Crippen molar-refractivity contribution >= 4 is 16.9 Å². The Morgan fingerprint density at radius 1 is 1.29 bits per heavy atom. The van der Waals surface area contributed by atoms with Gasteiger partial charge in [0.1, 0.15) is 5.75 Å². The highest BCUT2D eigenvalue weighted by molar-refractivity contribution is 6.07. The minimum absolute atomic E-state index is 0.0807. The van der Waals surface area contributed by atoms with Crippen LogP contribution >= 0.6 is 0 Å². The van der Waals surface area contributed by atoms with Crippen LogP contribution in [0.5, 0.6) is 5.75 Å². The molecule has 0 radical (unpaired) electrons. The lowest BCUT2D eigenvalue weighted by Crippen LogP contribution is -2.43. The molecule has 2 unspecified atom stereocenters. The average Bonchev–Trinajstić information content (AvgIpc) is 3.33.